The van der Waals surface area contributed by atoms with Crippen molar-refractivity contribution in [2.45, 2.75) is 20.0 Å². The average molecular weight is 443 g/mol. The van der Waals surface area contributed by atoms with Crippen LogP contribution < -0.4 is 15.4 Å². The lowest BCUT2D eigenvalue weighted by Crippen LogP contribution is -2.30. The van der Waals surface area contributed by atoms with Crippen molar-refractivity contribution in [1.82, 2.24) is 0 Å². The number of carbonyl (C=O) groups is 2. The third-order valence-corrected chi connectivity index (χ3v) is 4.79. The largest absolute Gasteiger partial charge is 0.479 e. The SMILES string of the molecule is Cc1cccc(C(=O)Nc2ccc(NC(=O)[C@H](C)Oc3ccc(Cl)cc3Cl)cc2)c1. The van der Waals surface area contributed by atoms with E-state index < -0.39 is 6.10 Å². The summed E-state index contributed by atoms with van der Waals surface area (Å²) in [4.78, 5) is 24.7. The topological polar surface area (TPSA) is 67.4 Å². The molecule has 0 aliphatic heterocycles. The monoisotopic (exact) mass is 442 g/mol. The van der Waals surface area contributed by atoms with Gasteiger partial charge in [0.05, 0.1) is 5.02 Å². The molecule has 1 atom stereocenters. The normalized spacial score (nSPS) is 11.5. The Labute approximate surface area is 185 Å². The summed E-state index contributed by atoms with van der Waals surface area (Å²) in [5.74, 6) is -0.159. The molecule has 0 fully saturated rings. The van der Waals surface area contributed by atoms with E-state index >= 15 is 0 Å². The molecule has 2 amide bonds. The van der Waals surface area contributed by atoms with Crippen LogP contribution in [0.25, 0.3) is 0 Å². The lowest BCUT2D eigenvalue weighted by Gasteiger charge is -2.16. The summed E-state index contributed by atoms with van der Waals surface area (Å²) in [6.45, 7) is 3.55. The first-order valence-corrected chi connectivity index (χ1v) is 9.98. The predicted octanol–water partition coefficient (Wildman–Crippen LogP) is 5.96. The highest BCUT2D eigenvalue weighted by Gasteiger charge is 2.16. The van der Waals surface area contributed by atoms with Crippen molar-refractivity contribution in [2.75, 3.05) is 10.6 Å². The highest BCUT2D eigenvalue weighted by atomic mass is 35.5. The predicted molar refractivity (Wildman–Crippen MR) is 121 cm³/mol. The number of anilines is 2. The van der Waals surface area contributed by atoms with E-state index in [4.69, 9.17) is 27.9 Å². The number of halogens is 2. The second-order valence-electron chi connectivity index (χ2n) is 6.73. The van der Waals surface area contributed by atoms with Gasteiger partial charge in [-0.25, -0.2) is 0 Å². The molecule has 3 aromatic carbocycles. The van der Waals surface area contributed by atoms with Crippen LogP contribution in [0.1, 0.15) is 22.8 Å². The molecule has 30 heavy (non-hydrogen) atoms. The van der Waals surface area contributed by atoms with Gasteiger partial charge in [0.25, 0.3) is 11.8 Å². The highest BCUT2D eigenvalue weighted by molar-refractivity contribution is 6.35. The number of carbonyl (C=O) groups excluding carboxylic acids is 2. The van der Waals surface area contributed by atoms with Gasteiger partial charge in [-0.05, 0) is 68.4 Å². The van der Waals surface area contributed by atoms with Crippen LogP contribution in [0.5, 0.6) is 5.75 Å². The first kappa shape index (κ1) is 21.7. The molecule has 7 heteroatoms. The summed E-state index contributed by atoms with van der Waals surface area (Å²) in [5.41, 5.74) is 2.79. The van der Waals surface area contributed by atoms with Crippen molar-refractivity contribution in [2.24, 2.45) is 0 Å². The minimum absolute atomic E-state index is 0.197. The van der Waals surface area contributed by atoms with E-state index in [1.54, 1.807) is 55.5 Å². The Bertz CT molecular complexity index is 1070. The van der Waals surface area contributed by atoms with Crippen molar-refractivity contribution in [1.29, 1.82) is 0 Å². The minimum Gasteiger partial charge on any atom is -0.479 e. The van der Waals surface area contributed by atoms with Gasteiger partial charge in [-0.2, -0.15) is 0 Å². The molecule has 0 saturated heterocycles. The zero-order chi connectivity index (χ0) is 21.7. The van der Waals surface area contributed by atoms with Gasteiger partial charge in [-0.1, -0.05) is 40.9 Å². The average Bonchev–Trinajstić information content (AvgIpc) is 2.71. The van der Waals surface area contributed by atoms with Crippen LogP contribution in [-0.2, 0) is 4.79 Å². The number of ether oxygens (including phenoxy) is 1. The smallest absolute Gasteiger partial charge is 0.265 e. The van der Waals surface area contributed by atoms with Gasteiger partial charge in [0.1, 0.15) is 5.75 Å². The summed E-state index contributed by atoms with van der Waals surface area (Å²) < 4.78 is 5.61. The van der Waals surface area contributed by atoms with E-state index in [-0.39, 0.29) is 11.8 Å². The molecular weight excluding hydrogens is 423 g/mol. The Morgan fingerprint density at radius 3 is 2.20 bits per heavy atom. The molecule has 0 aromatic heterocycles. The van der Waals surface area contributed by atoms with Crippen LogP contribution in [0.15, 0.2) is 66.7 Å². The molecule has 0 aliphatic carbocycles. The van der Waals surface area contributed by atoms with Crippen molar-refractivity contribution in [3.05, 3.63) is 87.9 Å². The fourth-order valence-corrected chi connectivity index (χ4v) is 3.14. The number of aryl methyl sites for hydroxylation is 1. The fourth-order valence-electron chi connectivity index (χ4n) is 2.69. The summed E-state index contributed by atoms with van der Waals surface area (Å²) in [5, 5.41) is 6.41. The third-order valence-electron chi connectivity index (χ3n) is 4.26. The van der Waals surface area contributed by atoms with E-state index in [1.165, 1.54) is 0 Å². The summed E-state index contributed by atoms with van der Waals surface area (Å²) in [7, 11) is 0. The van der Waals surface area contributed by atoms with Crippen molar-refractivity contribution in [3.63, 3.8) is 0 Å². The molecular formula is C23H20Cl2N2O3. The van der Waals surface area contributed by atoms with Crippen LogP contribution in [0.3, 0.4) is 0 Å². The van der Waals surface area contributed by atoms with Crippen LogP contribution in [0, 0.1) is 6.92 Å². The maximum Gasteiger partial charge on any atom is 0.265 e. The Kier molecular flexibility index (Phi) is 6.98. The zero-order valence-corrected chi connectivity index (χ0v) is 17.9. The Hall–Kier alpha value is -3.02. The lowest BCUT2D eigenvalue weighted by molar-refractivity contribution is -0.122. The van der Waals surface area contributed by atoms with Gasteiger partial charge in [-0.3, -0.25) is 9.59 Å². The molecule has 3 aromatic rings. The second-order valence-corrected chi connectivity index (χ2v) is 7.57. The fraction of sp³-hybridized carbons (Fsp3) is 0.130. The molecule has 0 heterocycles. The molecule has 0 bridgehead atoms. The Morgan fingerprint density at radius 2 is 1.57 bits per heavy atom. The minimum atomic E-state index is -0.774. The Morgan fingerprint density at radius 1 is 0.900 bits per heavy atom. The highest BCUT2D eigenvalue weighted by Crippen LogP contribution is 2.28. The first-order chi connectivity index (χ1) is 14.3. The standard InChI is InChI=1S/C23H20Cl2N2O3/c1-14-4-3-5-16(12-14)23(29)27-19-9-7-18(8-10-19)26-22(28)15(2)30-21-11-6-17(24)13-20(21)25/h3-13,15H,1-2H3,(H,26,28)(H,27,29)/t15-/m0/s1. The van der Waals surface area contributed by atoms with E-state index in [9.17, 15) is 9.59 Å². The maximum absolute atomic E-state index is 12.4. The van der Waals surface area contributed by atoms with Crippen LogP contribution >= 0.6 is 23.2 Å². The summed E-state index contributed by atoms with van der Waals surface area (Å²) in [6.07, 6.45) is -0.774. The maximum atomic E-state index is 12.4. The van der Waals surface area contributed by atoms with E-state index in [0.717, 1.165) is 5.56 Å². The molecule has 0 unspecified atom stereocenters. The van der Waals surface area contributed by atoms with Crippen molar-refractivity contribution in [3.8, 4) is 5.75 Å². The molecule has 154 valence electrons. The number of hydrogen-bond acceptors (Lipinski definition) is 3. The molecule has 0 saturated carbocycles. The zero-order valence-electron chi connectivity index (χ0n) is 16.4. The Balaban J connectivity index is 1.58. The second kappa shape index (κ2) is 9.65. The molecule has 0 radical (unpaired) electrons. The number of benzene rings is 3. The summed E-state index contributed by atoms with van der Waals surface area (Å²) in [6, 6.07) is 19.0. The van der Waals surface area contributed by atoms with Gasteiger partial charge >= 0.3 is 0 Å². The van der Waals surface area contributed by atoms with Gasteiger partial charge in [0.15, 0.2) is 6.10 Å². The summed E-state index contributed by atoms with van der Waals surface area (Å²) >= 11 is 11.9. The van der Waals surface area contributed by atoms with Crippen molar-refractivity contribution < 1.29 is 14.3 Å². The quantitative estimate of drug-likeness (QED) is 0.494. The third kappa shape index (κ3) is 5.75. The number of amides is 2. The van der Waals surface area contributed by atoms with Gasteiger partial charge in [0.2, 0.25) is 0 Å². The van der Waals surface area contributed by atoms with Crippen LogP contribution in [0.4, 0.5) is 11.4 Å². The lowest BCUT2D eigenvalue weighted by atomic mass is 10.1. The van der Waals surface area contributed by atoms with Crippen LogP contribution in [0.2, 0.25) is 10.0 Å². The van der Waals surface area contributed by atoms with Crippen LogP contribution in [-0.4, -0.2) is 17.9 Å². The molecule has 3 rings (SSSR count). The number of hydrogen-bond donors (Lipinski definition) is 2. The van der Waals surface area contributed by atoms with Gasteiger partial charge < -0.3 is 15.4 Å². The molecule has 0 spiro atoms. The van der Waals surface area contributed by atoms with E-state index in [1.807, 2.05) is 25.1 Å². The van der Waals surface area contributed by atoms with Gasteiger partial charge in [-0.15, -0.1) is 0 Å². The number of rotatable bonds is 6. The van der Waals surface area contributed by atoms with E-state index in [2.05, 4.69) is 10.6 Å². The van der Waals surface area contributed by atoms with Crippen molar-refractivity contribution >= 4 is 46.4 Å². The molecule has 2 N–H and O–H groups in total. The first-order valence-electron chi connectivity index (χ1n) is 9.22. The molecule has 5 nitrogen and oxygen atoms in total. The van der Waals surface area contributed by atoms with Gasteiger partial charge in [0, 0.05) is 22.0 Å². The number of nitrogens with one attached hydrogen (secondary N) is 2. The van der Waals surface area contributed by atoms with E-state index in [0.29, 0.717) is 32.7 Å². The molecule has 0 aliphatic rings.